The van der Waals surface area contributed by atoms with Crippen LogP contribution in [0.5, 0.6) is 0 Å². The summed E-state index contributed by atoms with van der Waals surface area (Å²) in [5.74, 6) is -0.0564. The molecule has 1 fully saturated rings. The van der Waals surface area contributed by atoms with E-state index in [4.69, 9.17) is 20.7 Å². The van der Waals surface area contributed by atoms with Crippen molar-refractivity contribution >= 4 is 5.82 Å². The van der Waals surface area contributed by atoms with Crippen molar-refractivity contribution in [2.45, 2.75) is 18.8 Å². The third-order valence-corrected chi connectivity index (χ3v) is 3.34. The molecule has 0 radical (unpaired) electrons. The Morgan fingerprint density at radius 1 is 1.36 bits per heavy atom. The molecule has 22 heavy (non-hydrogen) atoms. The van der Waals surface area contributed by atoms with Crippen LogP contribution in [0.25, 0.3) is 0 Å². The van der Waals surface area contributed by atoms with Crippen molar-refractivity contribution in [2.24, 2.45) is 0 Å². The number of nitrogens with two attached hydrogens (primary N) is 1. The molecule has 1 aromatic rings. The number of aliphatic hydroxyl groups is 2. The molecule has 1 aliphatic heterocycles. The van der Waals surface area contributed by atoms with Crippen LogP contribution in [0.2, 0.25) is 0 Å². The maximum absolute atomic E-state index is 13.1. The second kappa shape index (κ2) is 6.77. The minimum atomic E-state index is -1.28. The zero-order valence-electron chi connectivity index (χ0n) is 11.4. The summed E-state index contributed by atoms with van der Waals surface area (Å²) in [7, 11) is 0. The molecule has 4 N–H and O–H groups in total. The average Bonchev–Trinajstić information content (AvgIpc) is 2.87. The molecule has 120 valence electrons. The number of hydrogen-bond acceptors (Lipinski definition) is 6. The summed E-state index contributed by atoms with van der Waals surface area (Å²) >= 11 is 0. The lowest BCUT2D eigenvalue weighted by molar-refractivity contribution is -0.00870. The summed E-state index contributed by atoms with van der Waals surface area (Å²) in [6, 6.07) is 0. The highest BCUT2D eigenvalue weighted by molar-refractivity contribution is 5.40. The lowest BCUT2D eigenvalue weighted by atomic mass is 10.1. The molecule has 0 bridgehead atoms. The van der Waals surface area contributed by atoms with Crippen molar-refractivity contribution in [3.8, 4) is 0 Å². The number of ether oxygens (including phenoxy) is 1. The van der Waals surface area contributed by atoms with E-state index in [0.717, 1.165) is 4.57 Å². The van der Waals surface area contributed by atoms with Crippen LogP contribution in [0.4, 0.5) is 14.6 Å². The molecular formula is C13H15F2N3O4. The predicted molar refractivity (Wildman–Crippen MR) is 73.1 cm³/mol. The third kappa shape index (κ3) is 2.78. The van der Waals surface area contributed by atoms with Crippen molar-refractivity contribution in [1.29, 1.82) is 0 Å². The fourth-order valence-corrected chi connectivity index (χ4v) is 2.24. The number of nitrogen functional groups attached to an aromatic ring is 1. The topological polar surface area (TPSA) is 111 Å². The van der Waals surface area contributed by atoms with Crippen LogP contribution in [0.15, 0.2) is 34.8 Å². The van der Waals surface area contributed by atoms with Crippen molar-refractivity contribution in [2.75, 3.05) is 18.9 Å². The summed E-state index contributed by atoms with van der Waals surface area (Å²) in [6.45, 7) is -0.805. The van der Waals surface area contributed by atoms with Crippen LogP contribution in [0.3, 0.4) is 0 Å². The second-order valence-electron chi connectivity index (χ2n) is 4.60. The Labute approximate surface area is 124 Å². The van der Waals surface area contributed by atoms with E-state index in [9.17, 15) is 13.6 Å². The van der Waals surface area contributed by atoms with Gasteiger partial charge in [-0.25, -0.2) is 13.6 Å². The Bertz CT molecular complexity index is 672. The maximum atomic E-state index is 13.1. The number of rotatable bonds is 4. The van der Waals surface area contributed by atoms with Crippen LogP contribution in [-0.2, 0) is 11.2 Å². The summed E-state index contributed by atoms with van der Waals surface area (Å²) in [5, 5.41) is 18.1. The molecule has 0 amide bonds. The van der Waals surface area contributed by atoms with Gasteiger partial charge in [-0.3, -0.25) is 4.57 Å². The molecule has 7 nitrogen and oxygen atoms in total. The van der Waals surface area contributed by atoms with Crippen molar-refractivity contribution in [3.63, 3.8) is 0 Å². The van der Waals surface area contributed by atoms with E-state index in [1.807, 2.05) is 0 Å². The molecular weight excluding hydrogens is 300 g/mol. The highest BCUT2D eigenvalue weighted by Crippen LogP contribution is 2.38. The highest BCUT2D eigenvalue weighted by atomic mass is 19.1. The number of aliphatic hydroxyl groups excluding tert-OH is 2. The average molecular weight is 315 g/mol. The first-order valence-electron chi connectivity index (χ1n) is 6.43. The Morgan fingerprint density at radius 3 is 2.59 bits per heavy atom. The largest absolute Gasteiger partial charge is 0.396 e. The predicted octanol–water partition coefficient (Wildman–Crippen LogP) is -0.0432. The maximum Gasteiger partial charge on any atom is 0.351 e. The Morgan fingerprint density at radius 2 is 2.05 bits per heavy atom. The lowest BCUT2D eigenvalue weighted by Gasteiger charge is -2.16. The van der Waals surface area contributed by atoms with E-state index in [0.29, 0.717) is 5.56 Å². The van der Waals surface area contributed by atoms with Crippen LogP contribution in [0.1, 0.15) is 11.8 Å². The van der Waals surface area contributed by atoms with E-state index >= 15 is 0 Å². The minimum absolute atomic E-state index is 0.0564. The molecule has 1 aliphatic rings. The summed E-state index contributed by atoms with van der Waals surface area (Å²) in [5.41, 5.74) is 4.69. The quantitative estimate of drug-likeness (QED) is 0.719. The normalized spacial score (nSPS) is 25.3. The van der Waals surface area contributed by atoms with E-state index in [2.05, 4.69) is 4.98 Å². The van der Waals surface area contributed by atoms with Gasteiger partial charge in [0.05, 0.1) is 19.3 Å². The molecule has 1 aromatic heterocycles. The van der Waals surface area contributed by atoms with Gasteiger partial charge in [0.25, 0.3) is 0 Å². The first kappa shape index (κ1) is 16.3. The molecule has 2 heterocycles. The summed E-state index contributed by atoms with van der Waals surface area (Å²) in [6.07, 6.45) is -0.734. The van der Waals surface area contributed by atoms with Gasteiger partial charge in [-0.15, -0.1) is 0 Å². The summed E-state index contributed by atoms with van der Waals surface area (Å²) in [4.78, 5) is 15.5. The van der Waals surface area contributed by atoms with Gasteiger partial charge in [0, 0.05) is 35.9 Å². The Balaban J connectivity index is 2.52. The van der Waals surface area contributed by atoms with Crippen molar-refractivity contribution < 1.29 is 23.7 Å². The van der Waals surface area contributed by atoms with Crippen molar-refractivity contribution in [1.82, 2.24) is 9.55 Å². The zero-order chi connectivity index (χ0) is 16.3. The number of halogens is 2. The molecule has 2 rings (SSSR count). The fraction of sp³-hybridized carbons (Fsp3) is 0.385. The van der Waals surface area contributed by atoms with Gasteiger partial charge in [-0.05, 0) is 0 Å². The van der Waals surface area contributed by atoms with Gasteiger partial charge in [0.1, 0.15) is 11.9 Å². The Hall–Kier alpha value is -2.10. The van der Waals surface area contributed by atoms with Gasteiger partial charge < -0.3 is 20.7 Å². The van der Waals surface area contributed by atoms with Crippen molar-refractivity contribution in [3.05, 3.63) is 46.1 Å². The van der Waals surface area contributed by atoms with Gasteiger partial charge in [0.15, 0.2) is 6.23 Å². The molecule has 9 heteroatoms. The standard InChI is InChI=1S/C13H15F2N3O4/c14-3-8-9(4-15)12(22-10(8)6-20)18-5-7(1-2-19)11(16)17-13(18)21/h3-5,10,12,19-20H,1-2,6H2,(H2,16,17,21). The zero-order valence-corrected chi connectivity index (χ0v) is 11.4. The summed E-state index contributed by atoms with van der Waals surface area (Å²) < 4.78 is 32.3. The molecule has 1 saturated heterocycles. The van der Waals surface area contributed by atoms with E-state index in [-0.39, 0.29) is 42.7 Å². The van der Waals surface area contributed by atoms with Gasteiger partial charge in [-0.1, -0.05) is 0 Å². The van der Waals surface area contributed by atoms with Gasteiger partial charge >= 0.3 is 5.69 Å². The minimum Gasteiger partial charge on any atom is -0.396 e. The third-order valence-electron chi connectivity index (χ3n) is 3.34. The number of aromatic nitrogens is 2. The van der Waals surface area contributed by atoms with Gasteiger partial charge in [0.2, 0.25) is 0 Å². The molecule has 0 aliphatic carbocycles. The molecule has 0 spiro atoms. The number of hydrogen-bond donors (Lipinski definition) is 3. The monoisotopic (exact) mass is 315 g/mol. The first-order valence-corrected chi connectivity index (χ1v) is 6.43. The highest BCUT2D eigenvalue weighted by Gasteiger charge is 2.37. The smallest absolute Gasteiger partial charge is 0.351 e. The SMILES string of the molecule is Nc1nc(=O)n(C2OC(CO)C(=CF)C2=CF)cc1CCO. The lowest BCUT2D eigenvalue weighted by Crippen LogP contribution is -2.29. The molecule has 2 unspecified atom stereocenters. The molecule has 0 saturated carbocycles. The number of nitrogens with zero attached hydrogens (tertiary/aromatic N) is 2. The van der Waals surface area contributed by atoms with E-state index < -0.39 is 24.6 Å². The first-order chi connectivity index (χ1) is 10.6. The van der Waals surface area contributed by atoms with Crippen LogP contribution < -0.4 is 11.4 Å². The second-order valence-corrected chi connectivity index (χ2v) is 4.60. The Kier molecular flexibility index (Phi) is 5.01. The fourth-order valence-electron chi connectivity index (χ4n) is 2.24. The van der Waals surface area contributed by atoms with E-state index in [1.165, 1.54) is 6.20 Å². The molecule has 0 aromatic carbocycles. The van der Waals surface area contributed by atoms with Crippen LogP contribution in [0, 0.1) is 0 Å². The number of anilines is 1. The van der Waals surface area contributed by atoms with Gasteiger partial charge in [-0.2, -0.15) is 4.98 Å². The molecule has 2 atom stereocenters. The van der Waals surface area contributed by atoms with Crippen LogP contribution in [-0.4, -0.2) is 39.1 Å². The van der Waals surface area contributed by atoms with Crippen LogP contribution >= 0.6 is 0 Å². The van der Waals surface area contributed by atoms with E-state index in [1.54, 1.807) is 0 Å².